The first-order chi connectivity index (χ1) is 18.7. The van der Waals surface area contributed by atoms with Crippen LogP contribution in [0.3, 0.4) is 0 Å². The molecule has 0 aromatic heterocycles. The fourth-order valence-corrected chi connectivity index (χ4v) is 4.63. The highest BCUT2D eigenvalue weighted by Crippen LogP contribution is 2.37. The van der Waals surface area contributed by atoms with Gasteiger partial charge in [0.1, 0.15) is 5.82 Å². The van der Waals surface area contributed by atoms with Gasteiger partial charge in [0.05, 0.1) is 23.8 Å². The van der Waals surface area contributed by atoms with Gasteiger partial charge in [-0.05, 0) is 73.2 Å². The highest BCUT2D eigenvalue weighted by Gasteiger charge is 2.37. The summed E-state index contributed by atoms with van der Waals surface area (Å²) >= 11 is 0. The van der Waals surface area contributed by atoms with Gasteiger partial charge in [-0.15, -0.1) is 0 Å². The Balaban J connectivity index is 1.74. The maximum atomic E-state index is 13.8. The van der Waals surface area contributed by atoms with E-state index < -0.39 is 47.4 Å². The van der Waals surface area contributed by atoms with Crippen LogP contribution in [-0.2, 0) is 18.8 Å². The lowest BCUT2D eigenvalue weighted by Crippen LogP contribution is -2.52. The van der Waals surface area contributed by atoms with Crippen LogP contribution in [0.5, 0.6) is 0 Å². The number of hydrogen-bond acceptors (Lipinski definition) is 3. The summed E-state index contributed by atoms with van der Waals surface area (Å²) in [7, 11) is 0. The van der Waals surface area contributed by atoms with Crippen LogP contribution in [-0.4, -0.2) is 54.4 Å². The molecule has 2 atom stereocenters. The zero-order valence-electron chi connectivity index (χ0n) is 21.4. The van der Waals surface area contributed by atoms with Crippen molar-refractivity contribution >= 4 is 12.1 Å². The van der Waals surface area contributed by atoms with Gasteiger partial charge in [-0.1, -0.05) is 6.07 Å². The van der Waals surface area contributed by atoms with Crippen LogP contribution >= 0.6 is 0 Å². The Hall–Kier alpha value is -3.55. The molecule has 0 unspecified atom stereocenters. The number of rotatable bonds is 7. The van der Waals surface area contributed by atoms with Crippen LogP contribution in [0.15, 0.2) is 36.4 Å². The van der Waals surface area contributed by atoms with Gasteiger partial charge in [-0.2, -0.15) is 26.3 Å². The van der Waals surface area contributed by atoms with E-state index in [1.807, 2.05) is 0 Å². The molecular formula is C26H29F7N4O3. The molecule has 2 aromatic rings. The summed E-state index contributed by atoms with van der Waals surface area (Å²) < 4.78 is 92.7. The van der Waals surface area contributed by atoms with Gasteiger partial charge >= 0.3 is 24.4 Å². The SMILES string of the molecule is Cc1cc(F)ccc1[C@H]1C[C@@H](NC(=O)NCCO)CCN1C(=O)NCCc1cc(C(F)(F)F)cc(C(F)(F)F)c1. The molecule has 40 heavy (non-hydrogen) atoms. The first kappa shape index (κ1) is 31.0. The predicted octanol–water partition coefficient (Wildman–Crippen LogP) is 4.92. The average molecular weight is 579 g/mol. The molecule has 1 heterocycles. The lowest BCUT2D eigenvalue weighted by Gasteiger charge is -2.40. The van der Waals surface area contributed by atoms with E-state index in [1.54, 1.807) is 6.92 Å². The van der Waals surface area contributed by atoms with E-state index in [0.29, 0.717) is 29.7 Å². The minimum absolute atomic E-state index is 0.0416. The number of aliphatic hydroxyl groups is 1. The molecular weight excluding hydrogens is 549 g/mol. The lowest BCUT2D eigenvalue weighted by atomic mass is 9.89. The summed E-state index contributed by atoms with van der Waals surface area (Å²) in [6, 6.07) is 3.22. The van der Waals surface area contributed by atoms with Crippen molar-refractivity contribution in [3.63, 3.8) is 0 Å². The largest absolute Gasteiger partial charge is 0.416 e. The predicted molar refractivity (Wildman–Crippen MR) is 131 cm³/mol. The van der Waals surface area contributed by atoms with E-state index >= 15 is 0 Å². The molecule has 1 saturated heterocycles. The van der Waals surface area contributed by atoms with Crippen molar-refractivity contribution in [1.82, 2.24) is 20.9 Å². The van der Waals surface area contributed by atoms with E-state index in [9.17, 15) is 40.3 Å². The summed E-state index contributed by atoms with van der Waals surface area (Å²) in [6.45, 7) is 1.37. The van der Waals surface area contributed by atoms with E-state index in [-0.39, 0.29) is 56.8 Å². The maximum Gasteiger partial charge on any atom is 0.416 e. The Morgan fingerprint density at radius 1 is 0.975 bits per heavy atom. The standard InChI is InChI=1S/C26H29F7N4O3/c1-15-10-19(27)2-3-21(15)22-14-20(36-23(39)34-7-9-38)5-8-37(22)24(40)35-6-4-16-11-17(25(28,29)30)13-18(12-16)26(31,32)33/h2-3,10-13,20,22,38H,4-9,14H2,1H3,(H,35,40)(H2,34,36,39)/t20-,22+/m0/s1. The molecule has 7 nitrogen and oxygen atoms in total. The molecule has 1 aliphatic heterocycles. The Morgan fingerprint density at radius 2 is 1.62 bits per heavy atom. The van der Waals surface area contributed by atoms with Crippen molar-refractivity contribution in [3.8, 4) is 0 Å². The second-order valence-corrected chi connectivity index (χ2v) is 9.45. The molecule has 1 aliphatic rings. The number of aryl methyl sites for hydroxylation is 1. The maximum absolute atomic E-state index is 13.8. The van der Waals surface area contributed by atoms with Crippen molar-refractivity contribution < 1.29 is 45.4 Å². The Kier molecular flexibility index (Phi) is 9.87. The number of carbonyl (C=O) groups is 2. The van der Waals surface area contributed by atoms with Crippen LogP contribution in [0.4, 0.5) is 40.3 Å². The third kappa shape index (κ3) is 8.23. The van der Waals surface area contributed by atoms with E-state index in [2.05, 4.69) is 16.0 Å². The van der Waals surface area contributed by atoms with Crippen LogP contribution < -0.4 is 16.0 Å². The summed E-state index contributed by atoms with van der Waals surface area (Å²) in [5, 5.41) is 16.7. The van der Waals surface area contributed by atoms with Crippen LogP contribution in [0.2, 0.25) is 0 Å². The molecule has 220 valence electrons. The number of hydrogen-bond donors (Lipinski definition) is 4. The lowest BCUT2D eigenvalue weighted by molar-refractivity contribution is -0.143. The Bertz CT molecular complexity index is 1170. The summed E-state index contributed by atoms with van der Waals surface area (Å²) in [5.74, 6) is -0.481. The first-order valence-corrected chi connectivity index (χ1v) is 12.4. The summed E-state index contributed by atoms with van der Waals surface area (Å²) in [5.41, 5.74) is -1.95. The number of carbonyl (C=O) groups excluding carboxylic acids is 2. The molecule has 1 fully saturated rings. The zero-order valence-corrected chi connectivity index (χ0v) is 21.4. The number of benzene rings is 2. The number of alkyl halides is 6. The van der Waals surface area contributed by atoms with Gasteiger partial charge < -0.3 is 26.0 Å². The van der Waals surface area contributed by atoms with Crippen molar-refractivity contribution in [2.45, 2.75) is 50.6 Å². The molecule has 0 bridgehead atoms. The van der Waals surface area contributed by atoms with Crippen molar-refractivity contribution in [1.29, 1.82) is 0 Å². The van der Waals surface area contributed by atoms with Gasteiger partial charge in [0.15, 0.2) is 0 Å². The van der Waals surface area contributed by atoms with Gasteiger partial charge in [-0.25, -0.2) is 14.0 Å². The molecule has 0 saturated carbocycles. The summed E-state index contributed by atoms with van der Waals surface area (Å²) in [4.78, 5) is 26.6. The Labute approximate surface area is 225 Å². The first-order valence-electron chi connectivity index (χ1n) is 12.4. The second kappa shape index (κ2) is 12.7. The van der Waals surface area contributed by atoms with Gasteiger partial charge in [0, 0.05) is 25.7 Å². The monoisotopic (exact) mass is 578 g/mol. The van der Waals surface area contributed by atoms with E-state index in [0.717, 1.165) is 0 Å². The fraction of sp³-hybridized carbons (Fsp3) is 0.462. The fourth-order valence-electron chi connectivity index (χ4n) is 4.63. The third-order valence-corrected chi connectivity index (χ3v) is 6.52. The Morgan fingerprint density at radius 3 is 2.20 bits per heavy atom. The average Bonchev–Trinajstić information content (AvgIpc) is 2.86. The number of amides is 4. The van der Waals surface area contributed by atoms with Crippen LogP contribution in [0.25, 0.3) is 0 Å². The molecule has 4 N–H and O–H groups in total. The number of piperidine rings is 1. The highest BCUT2D eigenvalue weighted by atomic mass is 19.4. The third-order valence-electron chi connectivity index (χ3n) is 6.52. The molecule has 0 spiro atoms. The molecule has 4 amide bonds. The molecule has 0 aliphatic carbocycles. The van der Waals surface area contributed by atoms with Crippen molar-refractivity contribution in [3.05, 3.63) is 70.0 Å². The number of halogens is 7. The van der Waals surface area contributed by atoms with Crippen LogP contribution in [0, 0.1) is 12.7 Å². The number of nitrogens with zero attached hydrogens (tertiary/aromatic N) is 1. The number of likely N-dealkylation sites (tertiary alicyclic amines) is 1. The second-order valence-electron chi connectivity index (χ2n) is 9.45. The normalized spacial score (nSPS) is 17.9. The molecule has 0 radical (unpaired) electrons. The molecule has 3 rings (SSSR count). The molecule has 14 heteroatoms. The zero-order chi connectivity index (χ0) is 29.7. The van der Waals surface area contributed by atoms with Gasteiger partial charge in [0.2, 0.25) is 0 Å². The highest BCUT2D eigenvalue weighted by molar-refractivity contribution is 5.76. The minimum atomic E-state index is -4.98. The number of nitrogens with one attached hydrogen (secondary N) is 3. The van der Waals surface area contributed by atoms with Gasteiger partial charge in [-0.3, -0.25) is 0 Å². The topological polar surface area (TPSA) is 93.7 Å². The molecule has 2 aromatic carbocycles. The van der Waals surface area contributed by atoms with E-state index in [1.165, 1.54) is 23.1 Å². The van der Waals surface area contributed by atoms with Crippen molar-refractivity contribution in [2.24, 2.45) is 0 Å². The minimum Gasteiger partial charge on any atom is -0.395 e. The quantitative estimate of drug-likeness (QED) is 0.352. The smallest absolute Gasteiger partial charge is 0.395 e. The van der Waals surface area contributed by atoms with Gasteiger partial charge in [0.25, 0.3) is 0 Å². The number of aliphatic hydroxyl groups excluding tert-OH is 1. The van der Waals surface area contributed by atoms with Crippen molar-refractivity contribution in [2.75, 3.05) is 26.2 Å². The number of urea groups is 2. The van der Waals surface area contributed by atoms with Crippen LogP contribution in [0.1, 0.15) is 46.7 Å². The van der Waals surface area contributed by atoms with E-state index in [4.69, 9.17) is 5.11 Å². The summed E-state index contributed by atoms with van der Waals surface area (Å²) in [6.07, 6.45) is -9.64.